The maximum Gasteiger partial charge on any atom is 0.414 e. The molecular weight excluding hydrogens is 254 g/mol. The summed E-state index contributed by atoms with van der Waals surface area (Å²) in [4.78, 5) is 13.3. The number of rotatable bonds is 0. The molecule has 0 aliphatic carbocycles. The standard InChI is InChI=1S/C13H16F2N2O2/c1-13(2,3)19-12(18)17-5-4-16-10-6-8(14)9(15)7-11(10)17/h6-7,16H,4-5H2,1-3H3. The maximum absolute atomic E-state index is 13.3. The monoisotopic (exact) mass is 270 g/mol. The van der Waals surface area contributed by atoms with Crippen LogP contribution in [0.3, 0.4) is 0 Å². The van der Waals surface area contributed by atoms with Gasteiger partial charge in [0.1, 0.15) is 5.60 Å². The van der Waals surface area contributed by atoms with Gasteiger partial charge in [-0.25, -0.2) is 13.6 Å². The first-order valence-electron chi connectivity index (χ1n) is 6.01. The van der Waals surface area contributed by atoms with Crippen molar-refractivity contribution >= 4 is 17.5 Å². The number of fused-ring (bicyclic) bond motifs is 1. The molecule has 1 N–H and O–H groups in total. The Kier molecular flexibility index (Phi) is 3.34. The van der Waals surface area contributed by atoms with Gasteiger partial charge in [-0.3, -0.25) is 4.90 Å². The summed E-state index contributed by atoms with van der Waals surface area (Å²) in [5, 5.41) is 2.92. The molecule has 104 valence electrons. The molecule has 6 heteroatoms. The number of benzene rings is 1. The average Bonchev–Trinajstić information content (AvgIpc) is 2.27. The average molecular weight is 270 g/mol. The molecule has 0 saturated carbocycles. The summed E-state index contributed by atoms with van der Waals surface area (Å²) >= 11 is 0. The molecule has 1 aliphatic heterocycles. The summed E-state index contributed by atoms with van der Waals surface area (Å²) in [7, 11) is 0. The molecule has 19 heavy (non-hydrogen) atoms. The minimum atomic E-state index is -0.990. The normalized spacial score (nSPS) is 14.7. The number of anilines is 2. The molecule has 0 spiro atoms. The van der Waals surface area contributed by atoms with Gasteiger partial charge in [-0.15, -0.1) is 0 Å². The highest BCUT2D eigenvalue weighted by atomic mass is 19.2. The molecule has 0 bridgehead atoms. The molecule has 1 amide bonds. The van der Waals surface area contributed by atoms with E-state index in [2.05, 4.69) is 5.32 Å². The lowest BCUT2D eigenvalue weighted by Gasteiger charge is -2.32. The number of ether oxygens (including phenoxy) is 1. The van der Waals surface area contributed by atoms with Crippen LogP contribution in [0, 0.1) is 11.6 Å². The number of amides is 1. The second kappa shape index (κ2) is 4.68. The molecule has 1 aromatic rings. The van der Waals surface area contributed by atoms with E-state index in [-0.39, 0.29) is 0 Å². The number of halogens is 2. The Morgan fingerprint density at radius 3 is 2.58 bits per heavy atom. The van der Waals surface area contributed by atoms with Gasteiger partial charge in [0, 0.05) is 25.2 Å². The minimum Gasteiger partial charge on any atom is -0.443 e. The van der Waals surface area contributed by atoms with Crippen molar-refractivity contribution in [1.29, 1.82) is 0 Å². The van der Waals surface area contributed by atoms with Crippen LogP contribution in [-0.4, -0.2) is 24.8 Å². The molecular formula is C13H16F2N2O2. The zero-order valence-corrected chi connectivity index (χ0v) is 11.1. The second-order valence-corrected chi connectivity index (χ2v) is 5.34. The van der Waals surface area contributed by atoms with E-state index in [0.717, 1.165) is 12.1 Å². The SMILES string of the molecule is CC(C)(C)OC(=O)N1CCNc2cc(F)c(F)cc21. The first-order valence-corrected chi connectivity index (χ1v) is 6.01. The lowest BCUT2D eigenvalue weighted by Crippen LogP contribution is -2.42. The number of nitrogens with one attached hydrogen (secondary N) is 1. The van der Waals surface area contributed by atoms with Gasteiger partial charge in [0.05, 0.1) is 11.4 Å². The zero-order valence-electron chi connectivity index (χ0n) is 11.1. The van der Waals surface area contributed by atoms with Gasteiger partial charge in [0.2, 0.25) is 0 Å². The number of hydrogen-bond acceptors (Lipinski definition) is 3. The first kappa shape index (κ1) is 13.6. The fourth-order valence-corrected chi connectivity index (χ4v) is 1.83. The lowest BCUT2D eigenvalue weighted by molar-refractivity contribution is 0.0581. The van der Waals surface area contributed by atoms with Crippen LogP contribution in [0.5, 0.6) is 0 Å². The molecule has 0 atom stereocenters. The molecule has 0 saturated heterocycles. The van der Waals surface area contributed by atoms with Crippen LogP contribution >= 0.6 is 0 Å². The van der Waals surface area contributed by atoms with Gasteiger partial charge in [0.15, 0.2) is 11.6 Å². The summed E-state index contributed by atoms with van der Waals surface area (Å²) in [6.45, 7) is 6.04. The Morgan fingerprint density at radius 2 is 1.95 bits per heavy atom. The second-order valence-electron chi connectivity index (χ2n) is 5.34. The number of hydrogen-bond donors (Lipinski definition) is 1. The highest BCUT2D eigenvalue weighted by Gasteiger charge is 2.28. The highest BCUT2D eigenvalue weighted by Crippen LogP contribution is 2.32. The third kappa shape index (κ3) is 2.94. The van der Waals surface area contributed by atoms with Crippen molar-refractivity contribution in [3.63, 3.8) is 0 Å². The third-order valence-corrected chi connectivity index (χ3v) is 2.59. The Labute approximate surface area is 110 Å². The van der Waals surface area contributed by atoms with Crippen LogP contribution in [0.1, 0.15) is 20.8 Å². The van der Waals surface area contributed by atoms with Crippen LogP contribution in [0.4, 0.5) is 25.0 Å². The van der Waals surface area contributed by atoms with E-state index in [1.54, 1.807) is 20.8 Å². The molecule has 0 unspecified atom stereocenters. The van der Waals surface area contributed by atoms with Crippen molar-refractivity contribution in [3.05, 3.63) is 23.8 Å². The van der Waals surface area contributed by atoms with E-state index < -0.39 is 23.3 Å². The molecule has 1 aromatic carbocycles. The van der Waals surface area contributed by atoms with Crippen LogP contribution in [0.2, 0.25) is 0 Å². The Morgan fingerprint density at radius 1 is 1.32 bits per heavy atom. The van der Waals surface area contributed by atoms with Gasteiger partial charge >= 0.3 is 6.09 Å². The Balaban J connectivity index is 2.32. The van der Waals surface area contributed by atoms with Crippen molar-refractivity contribution in [3.8, 4) is 0 Å². The summed E-state index contributed by atoms with van der Waals surface area (Å²) in [5.74, 6) is -1.94. The van der Waals surface area contributed by atoms with E-state index >= 15 is 0 Å². The van der Waals surface area contributed by atoms with Gasteiger partial charge in [-0.2, -0.15) is 0 Å². The van der Waals surface area contributed by atoms with Crippen molar-refractivity contribution in [1.82, 2.24) is 0 Å². The summed E-state index contributed by atoms with van der Waals surface area (Å²) in [6.07, 6.45) is -0.568. The van der Waals surface area contributed by atoms with E-state index in [0.29, 0.717) is 24.5 Å². The predicted octanol–water partition coefficient (Wildman–Crippen LogP) is 3.13. The molecule has 0 fully saturated rings. The van der Waals surface area contributed by atoms with Crippen LogP contribution in [0.15, 0.2) is 12.1 Å². The number of carbonyl (C=O) groups excluding carboxylic acids is 1. The molecule has 0 aromatic heterocycles. The Hall–Kier alpha value is -1.85. The quantitative estimate of drug-likeness (QED) is 0.787. The van der Waals surface area contributed by atoms with Crippen molar-refractivity contribution in [2.45, 2.75) is 26.4 Å². The number of nitrogens with zero attached hydrogens (tertiary/aromatic N) is 1. The van der Waals surface area contributed by atoms with E-state index in [1.165, 1.54) is 4.90 Å². The van der Waals surface area contributed by atoms with Gasteiger partial charge in [0.25, 0.3) is 0 Å². The fraction of sp³-hybridized carbons (Fsp3) is 0.462. The maximum atomic E-state index is 13.3. The van der Waals surface area contributed by atoms with E-state index in [4.69, 9.17) is 4.74 Å². The summed E-state index contributed by atoms with van der Waals surface area (Å²) in [5.41, 5.74) is 0.0381. The van der Waals surface area contributed by atoms with Gasteiger partial charge in [-0.05, 0) is 20.8 Å². The largest absolute Gasteiger partial charge is 0.443 e. The van der Waals surface area contributed by atoms with E-state index in [9.17, 15) is 13.6 Å². The van der Waals surface area contributed by atoms with Crippen molar-refractivity contribution in [2.75, 3.05) is 23.3 Å². The van der Waals surface area contributed by atoms with E-state index in [1.807, 2.05) is 0 Å². The third-order valence-electron chi connectivity index (χ3n) is 2.59. The van der Waals surface area contributed by atoms with Crippen LogP contribution in [0.25, 0.3) is 0 Å². The molecule has 4 nitrogen and oxygen atoms in total. The topological polar surface area (TPSA) is 41.6 Å². The molecule has 1 aliphatic rings. The summed E-state index contributed by atoms with van der Waals surface area (Å²) in [6, 6.07) is 2.04. The zero-order chi connectivity index (χ0) is 14.2. The Bertz CT molecular complexity index is 512. The fourth-order valence-electron chi connectivity index (χ4n) is 1.83. The summed E-state index contributed by atoms with van der Waals surface area (Å²) < 4.78 is 31.7. The molecule has 1 heterocycles. The van der Waals surface area contributed by atoms with Crippen LogP contribution < -0.4 is 10.2 Å². The van der Waals surface area contributed by atoms with Gasteiger partial charge < -0.3 is 10.1 Å². The highest BCUT2D eigenvalue weighted by molar-refractivity contribution is 5.93. The minimum absolute atomic E-state index is 0.291. The first-order chi connectivity index (χ1) is 8.78. The van der Waals surface area contributed by atoms with Crippen LogP contribution in [-0.2, 0) is 4.74 Å². The van der Waals surface area contributed by atoms with Gasteiger partial charge in [-0.1, -0.05) is 0 Å². The predicted molar refractivity (Wildman–Crippen MR) is 68.4 cm³/mol. The number of carbonyl (C=O) groups is 1. The smallest absolute Gasteiger partial charge is 0.414 e. The molecule has 2 rings (SSSR count). The van der Waals surface area contributed by atoms with Crippen molar-refractivity contribution in [2.24, 2.45) is 0 Å². The lowest BCUT2D eigenvalue weighted by atomic mass is 10.2. The molecule has 0 radical (unpaired) electrons. The van der Waals surface area contributed by atoms with Crippen molar-refractivity contribution < 1.29 is 18.3 Å².